The zero-order chi connectivity index (χ0) is 18.9. The molecule has 1 aliphatic rings. The van der Waals surface area contributed by atoms with Gasteiger partial charge in [0.2, 0.25) is 15.9 Å². The van der Waals surface area contributed by atoms with Crippen molar-refractivity contribution in [2.45, 2.75) is 19.8 Å². The highest BCUT2D eigenvalue weighted by molar-refractivity contribution is 7.94. The van der Waals surface area contributed by atoms with Gasteiger partial charge in [-0.3, -0.25) is 9.59 Å². The highest BCUT2D eigenvalue weighted by Gasteiger charge is 2.36. The van der Waals surface area contributed by atoms with Crippen LogP contribution in [0.4, 0.5) is 11.4 Å². The Morgan fingerprint density at radius 2 is 1.96 bits per heavy atom. The van der Waals surface area contributed by atoms with E-state index < -0.39 is 21.8 Å². The first-order chi connectivity index (χ1) is 12.3. The molecular weight excluding hydrogens is 376 g/mol. The van der Waals surface area contributed by atoms with E-state index in [1.54, 1.807) is 6.07 Å². The van der Waals surface area contributed by atoms with Crippen LogP contribution >= 0.6 is 11.6 Å². The number of nitrogens with one attached hydrogen (secondary N) is 1. The Bertz CT molecular complexity index is 988. The first-order valence-electron chi connectivity index (χ1n) is 8.08. The molecular formula is C18H17ClN2O4S. The van der Waals surface area contributed by atoms with E-state index in [9.17, 15) is 18.0 Å². The summed E-state index contributed by atoms with van der Waals surface area (Å²) in [6.07, 6.45) is 0.702. The predicted octanol–water partition coefficient (Wildman–Crippen LogP) is 3.22. The molecule has 26 heavy (non-hydrogen) atoms. The topological polar surface area (TPSA) is 83.6 Å². The molecule has 2 aromatic rings. The summed E-state index contributed by atoms with van der Waals surface area (Å²) in [5.41, 5.74) is 2.02. The molecule has 3 rings (SSSR count). The van der Waals surface area contributed by atoms with E-state index in [2.05, 4.69) is 5.32 Å². The van der Waals surface area contributed by atoms with Crippen LogP contribution in [0.3, 0.4) is 0 Å². The van der Waals surface area contributed by atoms with Crippen molar-refractivity contribution in [1.82, 2.24) is 0 Å². The van der Waals surface area contributed by atoms with Gasteiger partial charge in [-0.05, 0) is 36.2 Å². The molecule has 2 amide bonds. The van der Waals surface area contributed by atoms with E-state index in [0.29, 0.717) is 5.69 Å². The number of hydrogen-bond acceptors (Lipinski definition) is 4. The van der Waals surface area contributed by atoms with Gasteiger partial charge in [-0.15, -0.1) is 0 Å². The Labute approximate surface area is 156 Å². The number of benzene rings is 2. The van der Waals surface area contributed by atoms with Crippen molar-refractivity contribution in [3.8, 4) is 0 Å². The zero-order valence-electron chi connectivity index (χ0n) is 14.0. The Morgan fingerprint density at radius 3 is 2.58 bits per heavy atom. The van der Waals surface area contributed by atoms with Crippen LogP contribution in [0.5, 0.6) is 0 Å². The maximum absolute atomic E-state index is 12.5. The maximum atomic E-state index is 12.5. The number of carbonyl (C=O) groups excluding carboxylic acids is 2. The van der Waals surface area contributed by atoms with Gasteiger partial charge in [-0.2, -0.15) is 0 Å². The molecule has 0 radical (unpaired) electrons. The third-order valence-electron chi connectivity index (χ3n) is 4.16. The van der Waals surface area contributed by atoms with Crippen LogP contribution < -0.4 is 9.62 Å². The van der Waals surface area contributed by atoms with Crippen LogP contribution in [0.25, 0.3) is 0 Å². The molecule has 1 aliphatic heterocycles. The van der Waals surface area contributed by atoms with Gasteiger partial charge in [0.15, 0.2) is 0 Å². The highest BCUT2D eigenvalue weighted by atomic mass is 35.5. The second-order valence-electron chi connectivity index (χ2n) is 5.85. The van der Waals surface area contributed by atoms with E-state index >= 15 is 0 Å². The zero-order valence-corrected chi connectivity index (χ0v) is 15.6. The maximum Gasteiger partial charge on any atom is 0.257 e. The largest absolute Gasteiger partial charge is 0.322 e. The van der Waals surface area contributed by atoms with Gasteiger partial charge in [0.25, 0.3) is 5.91 Å². The van der Waals surface area contributed by atoms with Crippen molar-refractivity contribution < 1.29 is 18.0 Å². The summed E-state index contributed by atoms with van der Waals surface area (Å²) >= 11 is 6.19. The number of anilines is 2. The molecule has 0 aromatic heterocycles. The number of rotatable bonds is 4. The number of nitrogens with zero attached hydrogens (tertiary/aromatic N) is 1. The standard InChI is InChI=1S/C18H17ClN2O4S/c1-2-12-5-3-4-6-16(12)20-18(23)14-8-7-13(11-15(14)19)21-17(22)9-10-26(21,24)25/h3-8,11H,2,9-10H2,1H3,(H,20,23). The van der Waals surface area contributed by atoms with E-state index in [4.69, 9.17) is 11.6 Å². The minimum atomic E-state index is -3.67. The average molecular weight is 393 g/mol. The molecule has 1 fully saturated rings. The van der Waals surface area contributed by atoms with Gasteiger partial charge in [0, 0.05) is 12.1 Å². The molecule has 0 bridgehead atoms. The fraction of sp³-hybridized carbons (Fsp3) is 0.222. The van der Waals surface area contributed by atoms with Gasteiger partial charge in [0.05, 0.1) is 22.0 Å². The number of aryl methyl sites for hydroxylation is 1. The van der Waals surface area contributed by atoms with Gasteiger partial charge in [-0.1, -0.05) is 36.7 Å². The number of amides is 2. The lowest BCUT2D eigenvalue weighted by atomic mass is 10.1. The summed E-state index contributed by atoms with van der Waals surface area (Å²) in [5.74, 6) is -1.13. The number of para-hydroxylation sites is 1. The van der Waals surface area contributed by atoms with Crippen molar-refractivity contribution in [2.24, 2.45) is 0 Å². The summed E-state index contributed by atoms with van der Waals surface area (Å²) in [6.45, 7) is 1.99. The van der Waals surface area contributed by atoms with Crippen LogP contribution in [0.2, 0.25) is 5.02 Å². The molecule has 0 spiro atoms. The summed E-state index contributed by atoms with van der Waals surface area (Å²) in [4.78, 5) is 24.4. The number of carbonyl (C=O) groups is 2. The van der Waals surface area contributed by atoms with Gasteiger partial charge in [-0.25, -0.2) is 12.7 Å². The lowest BCUT2D eigenvalue weighted by Crippen LogP contribution is -2.29. The van der Waals surface area contributed by atoms with E-state index in [0.717, 1.165) is 16.3 Å². The van der Waals surface area contributed by atoms with Crippen molar-refractivity contribution in [1.29, 1.82) is 0 Å². The normalized spacial score (nSPS) is 15.9. The lowest BCUT2D eigenvalue weighted by Gasteiger charge is -2.16. The van der Waals surface area contributed by atoms with Crippen molar-refractivity contribution in [2.75, 3.05) is 15.4 Å². The van der Waals surface area contributed by atoms with Gasteiger partial charge in [0.1, 0.15) is 0 Å². The van der Waals surface area contributed by atoms with Crippen molar-refractivity contribution in [3.05, 3.63) is 58.6 Å². The van der Waals surface area contributed by atoms with Crippen LogP contribution in [-0.2, 0) is 21.2 Å². The van der Waals surface area contributed by atoms with E-state index in [1.165, 1.54) is 18.2 Å². The van der Waals surface area contributed by atoms with Gasteiger partial charge >= 0.3 is 0 Å². The second kappa shape index (κ2) is 7.09. The number of hydrogen-bond donors (Lipinski definition) is 1. The number of halogens is 1. The monoisotopic (exact) mass is 392 g/mol. The Balaban J connectivity index is 1.88. The highest BCUT2D eigenvalue weighted by Crippen LogP contribution is 2.30. The third kappa shape index (κ3) is 3.45. The molecule has 0 atom stereocenters. The molecule has 0 unspecified atom stereocenters. The average Bonchev–Trinajstić information content (AvgIpc) is 2.88. The molecule has 0 saturated carbocycles. The minimum Gasteiger partial charge on any atom is -0.322 e. The fourth-order valence-electron chi connectivity index (χ4n) is 2.82. The molecule has 8 heteroatoms. The van der Waals surface area contributed by atoms with Crippen LogP contribution in [-0.4, -0.2) is 26.0 Å². The Kier molecular flexibility index (Phi) is 5.02. The summed E-state index contributed by atoms with van der Waals surface area (Å²) in [5, 5.41) is 2.88. The first-order valence-corrected chi connectivity index (χ1v) is 10.1. The Morgan fingerprint density at radius 1 is 1.23 bits per heavy atom. The lowest BCUT2D eigenvalue weighted by molar-refractivity contribution is -0.116. The Hall–Kier alpha value is -2.38. The molecule has 1 N–H and O–H groups in total. The molecule has 1 heterocycles. The van der Waals surface area contributed by atoms with Crippen LogP contribution in [0.15, 0.2) is 42.5 Å². The first kappa shape index (κ1) is 18.4. The summed E-state index contributed by atoms with van der Waals surface area (Å²) in [7, 11) is -3.67. The molecule has 1 saturated heterocycles. The summed E-state index contributed by atoms with van der Waals surface area (Å²) in [6, 6.07) is 11.6. The third-order valence-corrected chi connectivity index (χ3v) is 6.16. The molecule has 0 aliphatic carbocycles. The smallest absolute Gasteiger partial charge is 0.257 e. The number of sulfonamides is 1. The predicted molar refractivity (Wildman–Crippen MR) is 101 cm³/mol. The SMILES string of the molecule is CCc1ccccc1NC(=O)c1ccc(N2C(=O)CCS2(=O)=O)cc1Cl. The van der Waals surface area contributed by atoms with Crippen LogP contribution in [0.1, 0.15) is 29.3 Å². The van der Waals surface area contributed by atoms with Gasteiger partial charge < -0.3 is 5.32 Å². The quantitative estimate of drug-likeness (QED) is 0.865. The fourth-order valence-corrected chi connectivity index (χ4v) is 4.54. The molecule has 6 nitrogen and oxygen atoms in total. The molecule has 136 valence electrons. The summed E-state index contributed by atoms with van der Waals surface area (Å²) < 4.78 is 24.7. The molecule has 2 aromatic carbocycles. The minimum absolute atomic E-state index is 0.0595. The second-order valence-corrected chi connectivity index (χ2v) is 8.20. The van der Waals surface area contributed by atoms with Crippen molar-refractivity contribution in [3.63, 3.8) is 0 Å². The van der Waals surface area contributed by atoms with Crippen molar-refractivity contribution >= 4 is 44.8 Å². The van der Waals surface area contributed by atoms with E-state index in [1.807, 2.05) is 25.1 Å². The van der Waals surface area contributed by atoms with E-state index in [-0.39, 0.29) is 28.4 Å². The van der Waals surface area contributed by atoms with Crippen LogP contribution in [0, 0.1) is 0 Å².